The minimum atomic E-state index is -0.652. The Hall–Kier alpha value is -3.36. The van der Waals surface area contributed by atoms with Gasteiger partial charge in [0.15, 0.2) is 0 Å². The van der Waals surface area contributed by atoms with E-state index in [4.69, 9.17) is 9.94 Å². The number of aryl methyl sites for hydroxylation is 1. The standard InChI is InChI=1S/C24H24FN3O4/c1-14-10-17(19-12-18(25)6-7-21(19)26-14)11-15-2-4-16(5-3-15)23(29)27-22-8-9-32-13-20(22)24(30)28-31/h2-7,10,12,20,22,31H,8-9,11,13H2,1H3,(H,27,29)(H,28,30)/t20-,22+/m0/s1. The fraction of sp³-hybridized carbons (Fsp3) is 0.292. The van der Waals surface area contributed by atoms with Crippen molar-refractivity contribution in [3.63, 3.8) is 0 Å². The lowest BCUT2D eigenvalue weighted by Crippen LogP contribution is -2.51. The normalized spacial score (nSPS) is 18.3. The van der Waals surface area contributed by atoms with E-state index in [-0.39, 0.29) is 18.3 Å². The van der Waals surface area contributed by atoms with Gasteiger partial charge < -0.3 is 10.1 Å². The number of halogens is 1. The minimum absolute atomic E-state index is 0.135. The van der Waals surface area contributed by atoms with Gasteiger partial charge in [0.1, 0.15) is 5.82 Å². The van der Waals surface area contributed by atoms with Crippen LogP contribution in [-0.4, -0.2) is 41.3 Å². The molecule has 0 unspecified atom stereocenters. The SMILES string of the molecule is Cc1cc(Cc2ccc(C(=O)N[C@@H]3CCOC[C@@H]3C(=O)NO)cc2)c2cc(F)ccc2n1. The summed E-state index contributed by atoms with van der Waals surface area (Å²) >= 11 is 0. The van der Waals surface area contributed by atoms with Gasteiger partial charge in [-0.3, -0.25) is 19.8 Å². The summed E-state index contributed by atoms with van der Waals surface area (Å²) in [6.07, 6.45) is 1.05. The summed E-state index contributed by atoms with van der Waals surface area (Å²) in [5.74, 6) is -1.84. The molecule has 1 saturated heterocycles. The first-order valence-corrected chi connectivity index (χ1v) is 10.4. The van der Waals surface area contributed by atoms with Crippen LogP contribution in [0.2, 0.25) is 0 Å². The number of ether oxygens (including phenoxy) is 1. The molecule has 2 heterocycles. The molecule has 2 atom stereocenters. The molecule has 2 aromatic carbocycles. The molecule has 3 N–H and O–H groups in total. The van der Waals surface area contributed by atoms with E-state index in [1.54, 1.807) is 23.7 Å². The van der Waals surface area contributed by atoms with E-state index >= 15 is 0 Å². The van der Waals surface area contributed by atoms with Crippen LogP contribution in [0.15, 0.2) is 48.5 Å². The largest absolute Gasteiger partial charge is 0.380 e. The summed E-state index contributed by atoms with van der Waals surface area (Å²) in [4.78, 5) is 29.0. The van der Waals surface area contributed by atoms with E-state index in [1.165, 1.54) is 12.1 Å². The van der Waals surface area contributed by atoms with E-state index in [1.807, 2.05) is 25.1 Å². The molecule has 32 heavy (non-hydrogen) atoms. The van der Waals surface area contributed by atoms with Crippen molar-refractivity contribution in [2.24, 2.45) is 5.92 Å². The molecule has 0 spiro atoms. The molecular formula is C24H24FN3O4. The summed E-state index contributed by atoms with van der Waals surface area (Å²) in [7, 11) is 0. The average Bonchev–Trinajstić information content (AvgIpc) is 2.80. The van der Waals surface area contributed by atoms with Crippen molar-refractivity contribution in [3.05, 3.63) is 76.7 Å². The van der Waals surface area contributed by atoms with Gasteiger partial charge in [-0.2, -0.15) is 0 Å². The Labute approximate surface area is 184 Å². The smallest absolute Gasteiger partial charge is 0.251 e. The summed E-state index contributed by atoms with van der Waals surface area (Å²) in [5.41, 5.74) is 5.63. The highest BCUT2D eigenvalue weighted by atomic mass is 19.1. The molecule has 0 bridgehead atoms. The number of hydroxylamine groups is 1. The van der Waals surface area contributed by atoms with Crippen LogP contribution in [0, 0.1) is 18.7 Å². The topological polar surface area (TPSA) is 101 Å². The van der Waals surface area contributed by atoms with Gasteiger partial charge in [0.25, 0.3) is 11.8 Å². The zero-order valence-corrected chi connectivity index (χ0v) is 17.6. The number of hydrogen-bond donors (Lipinski definition) is 3. The number of rotatable bonds is 5. The van der Waals surface area contributed by atoms with Crippen molar-refractivity contribution in [1.82, 2.24) is 15.8 Å². The van der Waals surface area contributed by atoms with Crippen LogP contribution < -0.4 is 10.8 Å². The molecule has 8 heteroatoms. The van der Waals surface area contributed by atoms with Crippen LogP contribution in [0.4, 0.5) is 4.39 Å². The lowest BCUT2D eigenvalue weighted by molar-refractivity contribution is -0.138. The maximum Gasteiger partial charge on any atom is 0.251 e. The van der Waals surface area contributed by atoms with E-state index in [0.29, 0.717) is 25.0 Å². The number of fused-ring (bicyclic) bond motifs is 1. The lowest BCUT2D eigenvalue weighted by Gasteiger charge is -2.30. The first kappa shape index (κ1) is 21.9. The van der Waals surface area contributed by atoms with Crippen LogP contribution in [0.5, 0.6) is 0 Å². The van der Waals surface area contributed by atoms with Gasteiger partial charge in [-0.25, -0.2) is 9.87 Å². The minimum Gasteiger partial charge on any atom is -0.380 e. The van der Waals surface area contributed by atoms with Gasteiger partial charge in [0.2, 0.25) is 0 Å². The zero-order chi connectivity index (χ0) is 22.7. The zero-order valence-electron chi connectivity index (χ0n) is 17.6. The number of amides is 2. The fourth-order valence-electron chi connectivity index (χ4n) is 4.06. The van der Waals surface area contributed by atoms with E-state index in [0.717, 1.165) is 27.7 Å². The number of carbonyl (C=O) groups excluding carboxylic acids is 2. The molecule has 1 aromatic heterocycles. The predicted molar refractivity (Wildman–Crippen MR) is 116 cm³/mol. The molecule has 1 aliphatic heterocycles. The Morgan fingerprint density at radius 2 is 1.97 bits per heavy atom. The van der Waals surface area contributed by atoms with Crippen LogP contribution >= 0.6 is 0 Å². The first-order chi connectivity index (χ1) is 15.4. The molecule has 2 amide bonds. The van der Waals surface area contributed by atoms with Gasteiger partial charge in [-0.15, -0.1) is 0 Å². The molecular weight excluding hydrogens is 413 g/mol. The van der Waals surface area contributed by atoms with Gasteiger partial charge in [-0.1, -0.05) is 12.1 Å². The second kappa shape index (κ2) is 9.42. The average molecular weight is 437 g/mol. The molecule has 1 fully saturated rings. The third-order valence-electron chi connectivity index (χ3n) is 5.71. The molecule has 3 aromatic rings. The van der Waals surface area contributed by atoms with Crippen LogP contribution in [0.3, 0.4) is 0 Å². The summed E-state index contributed by atoms with van der Waals surface area (Å²) in [6.45, 7) is 2.47. The predicted octanol–water partition coefficient (Wildman–Crippen LogP) is 2.91. The van der Waals surface area contributed by atoms with Crippen LogP contribution in [0.1, 0.15) is 33.6 Å². The Bertz CT molecular complexity index is 1150. The van der Waals surface area contributed by atoms with Crippen molar-refractivity contribution >= 4 is 22.7 Å². The Balaban J connectivity index is 1.49. The van der Waals surface area contributed by atoms with E-state index in [2.05, 4.69) is 10.3 Å². The number of aromatic nitrogens is 1. The Morgan fingerprint density at radius 3 is 2.72 bits per heavy atom. The Morgan fingerprint density at radius 1 is 1.19 bits per heavy atom. The Kier molecular flexibility index (Phi) is 6.43. The second-order valence-corrected chi connectivity index (χ2v) is 7.98. The number of carbonyl (C=O) groups is 2. The molecule has 4 rings (SSSR count). The highest BCUT2D eigenvalue weighted by Gasteiger charge is 2.32. The van der Waals surface area contributed by atoms with Crippen LogP contribution in [-0.2, 0) is 16.0 Å². The molecule has 0 aliphatic carbocycles. The third-order valence-corrected chi connectivity index (χ3v) is 5.71. The first-order valence-electron chi connectivity index (χ1n) is 10.4. The van der Waals surface area contributed by atoms with Crippen LogP contribution in [0.25, 0.3) is 10.9 Å². The lowest BCUT2D eigenvalue weighted by atomic mass is 9.94. The number of pyridine rings is 1. The quantitative estimate of drug-likeness (QED) is 0.421. The molecule has 0 saturated carbocycles. The van der Waals surface area contributed by atoms with Gasteiger partial charge in [0, 0.05) is 29.3 Å². The number of nitrogens with one attached hydrogen (secondary N) is 2. The molecule has 0 radical (unpaired) electrons. The highest BCUT2D eigenvalue weighted by molar-refractivity contribution is 5.95. The third kappa shape index (κ3) is 4.76. The number of hydrogen-bond acceptors (Lipinski definition) is 5. The van der Waals surface area contributed by atoms with Crippen molar-refractivity contribution < 1.29 is 23.9 Å². The number of nitrogens with zero attached hydrogens (tertiary/aromatic N) is 1. The fourth-order valence-corrected chi connectivity index (χ4v) is 4.06. The summed E-state index contributed by atoms with van der Waals surface area (Å²) < 4.78 is 19.1. The number of benzene rings is 2. The maximum absolute atomic E-state index is 13.8. The maximum atomic E-state index is 13.8. The molecule has 7 nitrogen and oxygen atoms in total. The molecule has 166 valence electrons. The van der Waals surface area contributed by atoms with Crippen molar-refractivity contribution in [3.8, 4) is 0 Å². The molecule has 1 aliphatic rings. The van der Waals surface area contributed by atoms with E-state index in [9.17, 15) is 14.0 Å². The highest BCUT2D eigenvalue weighted by Crippen LogP contribution is 2.23. The van der Waals surface area contributed by atoms with Gasteiger partial charge >= 0.3 is 0 Å². The van der Waals surface area contributed by atoms with Crippen molar-refractivity contribution in [1.29, 1.82) is 0 Å². The van der Waals surface area contributed by atoms with Crippen molar-refractivity contribution in [2.45, 2.75) is 25.8 Å². The van der Waals surface area contributed by atoms with E-state index < -0.39 is 17.9 Å². The monoisotopic (exact) mass is 437 g/mol. The second-order valence-electron chi connectivity index (χ2n) is 7.98. The van der Waals surface area contributed by atoms with Gasteiger partial charge in [0.05, 0.1) is 18.0 Å². The summed E-state index contributed by atoms with van der Waals surface area (Å²) in [6, 6.07) is 13.3. The van der Waals surface area contributed by atoms with Crippen molar-refractivity contribution in [2.75, 3.05) is 13.2 Å². The summed E-state index contributed by atoms with van der Waals surface area (Å²) in [5, 5.41) is 12.5. The van der Waals surface area contributed by atoms with Gasteiger partial charge in [-0.05, 0) is 67.3 Å².